The van der Waals surface area contributed by atoms with Gasteiger partial charge in [0, 0.05) is 27.1 Å². The van der Waals surface area contributed by atoms with Gasteiger partial charge in [-0.2, -0.15) is 4.31 Å². The van der Waals surface area contributed by atoms with Crippen LogP contribution in [0.5, 0.6) is 0 Å². The first-order valence-corrected chi connectivity index (χ1v) is 11.9. The molecule has 0 aromatic heterocycles. The van der Waals surface area contributed by atoms with Gasteiger partial charge >= 0.3 is 0 Å². The molecule has 2 amide bonds. The van der Waals surface area contributed by atoms with Gasteiger partial charge in [0.05, 0.1) is 4.90 Å². The monoisotopic (exact) mass is 443 g/mol. The minimum atomic E-state index is -3.81. The minimum absolute atomic E-state index is 0.171. The highest BCUT2D eigenvalue weighted by atomic mass is 32.2. The van der Waals surface area contributed by atoms with Crippen LogP contribution in [0.1, 0.15) is 24.8 Å². The Morgan fingerprint density at radius 1 is 1.06 bits per heavy atom. The van der Waals surface area contributed by atoms with E-state index >= 15 is 0 Å². The molecule has 1 saturated heterocycles. The Kier molecular flexibility index (Phi) is 7.46. The standard InChI is InChI=1S/C23H29N3O4S/c1-24-22(27)21(17-18-11-5-3-6-12-18)25(2)23(28)20-15-9-10-16-26(20)31(29,30)19-13-7-4-8-14-19/h3-8,11-14,20-21H,9-10,15-17H2,1-2H3,(H,24,27)/t20-,21?/m0/s1. The molecule has 0 saturated carbocycles. The lowest BCUT2D eigenvalue weighted by atomic mass is 10.0. The number of benzene rings is 2. The summed E-state index contributed by atoms with van der Waals surface area (Å²) in [5, 5.41) is 2.63. The molecule has 1 aliphatic heterocycles. The van der Waals surface area contributed by atoms with Gasteiger partial charge in [-0.25, -0.2) is 8.42 Å². The summed E-state index contributed by atoms with van der Waals surface area (Å²) in [5.74, 6) is -0.642. The molecule has 1 heterocycles. The zero-order valence-electron chi connectivity index (χ0n) is 17.9. The zero-order valence-corrected chi connectivity index (χ0v) is 18.7. The van der Waals surface area contributed by atoms with Crippen molar-refractivity contribution in [3.05, 3.63) is 66.2 Å². The number of hydrogen-bond acceptors (Lipinski definition) is 4. The van der Waals surface area contributed by atoms with Crippen molar-refractivity contribution in [2.24, 2.45) is 0 Å². The van der Waals surface area contributed by atoms with Crippen molar-refractivity contribution in [1.29, 1.82) is 0 Å². The Labute approximate surface area is 184 Å². The van der Waals surface area contributed by atoms with Crippen molar-refractivity contribution >= 4 is 21.8 Å². The van der Waals surface area contributed by atoms with Crippen LogP contribution in [0.3, 0.4) is 0 Å². The molecular formula is C23H29N3O4S. The molecule has 0 aliphatic carbocycles. The van der Waals surface area contributed by atoms with Crippen LogP contribution in [-0.2, 0) is 26.0 Å². The minimum Gasteiger partial charge on any atom is -0.357 e. The topological polar surface area (TPSA) is 86.8 Å². The van der Waals surface area contributed by atoms with Gasteiger partial charge in [0.2, 0.25) is 21.8 Å². The van der Waals surface area contributed by atoms with E-state index in [2.05, 4.69) is 5.32 Å². The third-order valence-corrected chi connectivity index (χ3v) is 7.65. The maximum absolute atomic E-state index is 13.5. The second-order valence-electron chi connectivity index (χ2n) is 7.71. The predicted octanol–water partition coefficient (Wildman–Crippen LogP) is 2.05. The second kappa shape index (κ2) is 10.1. The second-order valence-corrected chi connectivity index (χ2v) is 9.60. The first-order chi connectivity index (χ1) is 14.9. The fourth-order valence-electron chi connectivity index (χ4n) is 3.97. The summed E-state index contributed by atoms with van der Waals surface area (Å²) >= 11 is 0. The van der Waals surface area contributed by atoms with E-state index in [0.29, 0.717) is 19.3 Å². The number of sulfonamides is 1. The maximum Gasteiger partial charge on any atom is 0.243 e. The Morgan fingerprint density at radius 2 is 1.68 bits per heavy atom. The van der Waals surface area contributed by atoms with Crippen LogP contribution in [-0.4, -0.2) is 62.2 Å². The summed E-state index contributed by atoms with van der Waals surface area (Å²) in [6.07, 6.45) is 2.23. The molecule has 0 radical (unpaired) electrons. The van der Waals surface area contributed by atoms with Gasteiger partial charge in [-0.15, -0.1) is 0 Å². The van der Waals surface area contributed by atoms with Gasteiger partial charge in [-0.3, -0.25) is 9.59 Å². The molecule has 2 aromatic rings. The highest BCUT2D eigenvalue weighted by Gasteiger charge is 2.40. The van der Waals surface area contributed by atoms with Crippen molar-refractivity contribution < 1.29 is 18.0 Å². The Bertz CT molecular complexity index is 996. The number of carbonyl (C=O) groups excluding carboxylic acids is 2. The van der Waals surface area contributed by atoms with Crippen LogP contribution in [0.2, 0.25) is 0 Å². The van der Waals surface area contributed by atoms with E-state index < -0.39 is 22.1 Å². The number of hydrogen-bond donors (Lipinski definition) is 1. The average Bonchev–Trinajstić information content (AvgIpc) is 2.82. The predicted molar refractivity (Wildman–Crippen MR) is 119 cm³/mol. The van der Waals surface area contributed by atoms with E-state index in [-0.39, 0.29) is 23.3 Å². The average molecular weight is 444 g/mol. The van der Waals surface area contributed by atoms with Crippen molar-refractivity contribution in [3.63, 3.8) is 0 Å². The van der Waals surface area contributed by atoms with Crippen molar-refractivity contribution in [2.45, 2.75) is 42.7 Å². The summed E-state index contributed by atoms with van der Waals surface area (Å²) in [4.78, 5) is 27.7. The molecule has 1 aliphatic rings. The molecule has 0 bridgehead atoms. The van der Waals surface area contributed by atoms with Gasteiger partial charge in [0.25, 0.3) is 0 Å². The number of nitrogens with zero attached hydrogens (tertiary/aromatic N) is 2. The lowest BCUT2D eigenvalue weighted by Gasteiger charge is -2.37. The molecule has 1 fully saturated rings. The van der Waals surface area contributed by atoms with Crippen molar-refractivity contribution in [1.82, 2.24) is 14.5 Å². The van der Waals surface area contributed by atoms with Gasteiger partial charge in [0.15, 0.2) is 0 Å². The molecule has 166 valence electrons. The van der Waals surface area contributed by atoms with Crippen LogP contribution in [0.25, 0.3) is 0 Å². The number of carbonyl (C=O) groups is 2. The molecule has 2 aromatic carbocycles. The number of piperidine rings is 1. The number of amides is 2. The summed E-state index contributed by atoms with van der Waals surface area (Å²) < 4.78 is 27.8. The van der Waals surface area contributed by atoms with Gasteiger partial charge < -0.3 is 10.2 Å². The van der Waals surface area contributed by atoms with E-state index in [1.165, 1.54) is 28.4 Å². The molecule has 31 heavy (non-hydrogen) atoms. The summed E-state index contributed by atoms with van der Waals surface area (Å²) in [6, 6.07) is 16.1. The quantitative estimate of drug-likeness (QED) is 0.710. The third kappa shape index (κ3) is 5.14. The highest BCUT2D eigenvalue weighted by molar-refractivity contribution is 7.89. The Balaban J connectivity index is 1.87. The lowest BCUT2D eigenvalue weighted by Crippen LogP contribution is -2.56. The number of nitrogens with one attached hydrogen (secondary N) is 1. The first-order valence-electron chi connectivity index (χ1n) is 10.5. The summed E-state index contributed by atoms with van der Waals surface area (Å²) in [6.45, 7) is 0.283. The maximum atomic E-state index is 13.5. The van der Waals surface area contributed by atoms with Crippen LogP contribution < -0.4 is 5.32 Å². The summed E-state index contributed by atoms with van der Waals surface area (Å²) in [7, 11) is -0.705. The van der Waals surface area contributed by atoms with Crippen molar-refractivity contribution in [2.75, 3.05) is 20.6 Å². The van der Waals surface area contributed by atoms with Gasteiger partial charge in [-0.05, 0) is 30.5 Å². The number of rotatable bonds is 7. The van der Waals surface area contributed by atoms with E-state index in [9.17, 15) is 18.0 Å². The Hall–Kier alpha value is -2.71. The van der Waals surface area contributed by atoms with Crippen molar-refractivity contribution in [3.8, 4) is 0 Å². The summed E-state index contributed by atoms with van der Waals surface area (Å²) in [5.41, 5.74) is 0.924. The van der Waals surface area contributed by atoms with Crippen LogP contribution in [0.15, 0.2) is 65.6 Å². The van der Waals surface area contributed by atoms with Crippen LogP contribution >= 0.6 is 0 Å². The van der Waals surface area contributed by atoms with E-state index in [4.69, 9.17) is 0 Å². The molecule has 0 spiro atoms. The third-order valence-electron chi connectivity index (χ3n) is 5.72. The molecule has 3 rings (SSSR count). The normalized spacial score (nSPS) is 18.2. The lowest BCUT2D eigenvalue weighted by molar-refractivity contribution is -0.142. The fourth-order valence-corrected chi connectivity index (χ4v) is 5.64. The first kappa shape index (κ1) is 23.0. The zero-order chi connectivity index (χ0) is 22.4. The van der Waals surface area contributed by atoms with E-state index in [1.54, 1.807) is 25.2 Å². The SMILES string of the molecule is CNC(=O)C(Cc1ccccc1)N(C)C(=O)[C@@H]1CCCCN1S(=O)(=O)c1ccccc1. The largest absolute Gasteiger partial charge is 0.357 e. The molecule has 8 heteroatoms. The molecule has 1 N–H and O–H groups in total. The van der Waals surface area contributed by atoms with Gasteiger partial charge in [0.1, 0.15) is 12.1 Å². The Morgan fingerprint density at radius 3 is 2.29 bits per heavy atom. The fraction of sp³-hybridized carbons (Fsp3) is 0.391. The molecule has 1 unspecified atom stereocenters. The van der Waals surface area contributed by atoms with Gasteiger partial charge in [-0.1, -0.05) is 55.0 Å². The number of likely N-dealkylation sites (N-methyl/N-ethyl adjacent to an activating group) is 2. The smallest absolute Gasteiger partial charge is 0.243 e. The van der Waals surface area contributed by atoms with E-state index in [0.717, 1.165) is 12.0 Å². The molecular weight excluding hydrogens is 414 g/mol. The highest BCUT2D eigenvalue weighted by Crippen LogP contribution is 2.27. The molecule has 2 atom stereocenters. The van der Waals surface area contributed by atoms with Crippen LogP contribution in [0.4, 0.5) is 0 Å². The van der Waals surface area contributed by atoms with Crippen LogP contribution in [0, 0.1) is 0 Å². The van der Waals surface area contributed by atoms with E-state index in [1.807, 2.05) is 30.3 Å². The molecule has 7 nitrogen and oxygen atoms in total.